The standard InChI is InChI=1S/C28H35ClN2O2/c1-28(2)19-31(17-16-24(28)21-12-14-23(29)15-13-21)27(33)25(18-20-8-4-3-5-9-20)30-26(32)22-10-6-7-11-22/h3-5,8-9,12-15,22,24-25H,6-7,10-11,16-19H2,1-2H3,(H,30,32)/t24?,25-/m1/s1. The molecule has 2 atom stereocenters. The Morgan fingerprint density at radius 3 is 2.33 bits per heavy atom. The van der Waals surface area contributed by atoms with E-state index < -0.39 is 6.04 Å². The predicted molar refractivity (Wildman–Crippen MR) is 133 cm³/mol. The molecule has 1 heterocycles. The topological polar surface area (TPSA) is 49.4 Å². The molecule has 1 aliphatic carbocycles. The molecule has 1 saturated carbocycles. The van der Waals surface area contributed by atoms with Crippen molar-refractivity contribution in [3.05, 3.63) is 70.7 Å². The number of benzene rings is 2. The molecule has 0 spiro atoms. The van der Waals surface area contributed by atoms with Gasteiger partial charge >= 0.3 is 0 Å². The quantitative estimate of drug-likeness (QED) is 0.602. The van der Waals surface area contributed by atoms with Crippen molar-refractivity contribution in [2.75, 3.05) is 13.1 Å². The largest absolute Gasteiger partial charge is 0.344 e. The lowest BCUT2D eigenvalue weighted by molar-refractivity contribution is -0.140. The Kier molecular flexibility index (Phi) is 7.43. The number of hydrogen-bond acceptors (Lipinski definition) is 2. The van der Waals surface area contributed by atoms with Gasteiger partial charge in [0.2, 0.25) is 11.8 Å². The Labute approximate surface area is 202 Å². The fourth-order valence-corrected chi connectivity index (χ4v) is 5.73. The van der Waals surface area contributed by atoms with Crippen molar-refractivity contribution < 1.29 is 9.59 Å². The number of hydrogen-bond donors (Lipinski definition) is 1. The van der Waals surface area contributed by atoms with Gasteiger partial charge in [0, 0.05) is 30.5 Å². The fraction of sp³-hybridized carbons (Fsp3) is 0.500. The van der Waals surface area contributed by atoms with Crippen molar-refractivity contribution in [3.63, 3.8) is 0 Å². The summed E-state index contributed by atoms with van der Waals surface area (Å²) in [6, 6.07) is 17.6. The summed E-state index contributed by atoms with van der Waals surface area (Å²) in [5.74, 6) is 0.479. The number of nitrogens with one attached hydrogen (secondary N) is 1. The molecule has 2 aliphatic rings. The number of halogens is 1. The molecule has 176 valence electrons. The highest BCUT2D eigenvalue weighted by Crippen LogP contribution is 2.42. The van der Waals surface area contributed by atoms with Crippen LogP contribution in [0.4, 0.5) is 0 Å². The minimum Gasteiger partial charge on any atom is -0.344 e. The molecule has 2 fully saturated rings. The summed E-state index contributed by atoms with van der Waals surface area (Å²) in [6.45, 7) is 5.83. The van der Waals surface area contributed by atoms with Crippen LogP contribution >= 0.6 is 11.6 Å². The van der Waals surface area contributed by atoms with Gasteiger partial charge in [0.1, 0.15) is 6.04 Å². The molecule has 4 rings (SSSR count). The second kappa shape index (κ2) is 10.3. The number of rotatable bonds is 6. The van der Waals surface area contributed by atoms with Gasteiger partial charge in [-0.15, -0.1) is 0 Å². The third kappa shape index (κ3) is 5.78. The van der Waals surface area contributed by atoms with Gasteiger partial charge in [-0.3, -0.25) is 9.59 Å². The highest BCUT2D eigenvalue weighted by molar-refractivity contribution is 6.30. The van der Waals surface area contributed by atoms with Crippen molar-refractivity contribution in [2.24, 2.45) is 11.3 Å². The molecule has 1 unspecified atom stereocenters. The molecular weight excluding hydrogens is 432 g/mol. The van der Waals surface area contributed by atoms with Gasteiger partial charge in [-0.1, -0.05) is 80.8 Å². The van der Waals surface area contributed by atoms with Crippen LogP contribution in [-0.2, 0) is 16.0 Å². The Balaban J connectivity index is 1.49. The van der Waals surface area contributed by atoms with Gasteiger partial charge < -0.3 is 10.2 Å². The number of nitrogens with zero attached hydrogens (tertiary/aromatic N) is 1. The summed E-state index contributed by atoms with van der Waals surface area (Å²) < 4.78 is 0. The van der Waals surface area contributed by atoms with E-state index in [-0.39, 0.29) is 23.1 Å². The van der Waals surface area contributed by atoms with Crippen molar-refractivity contribution >= 4 is 23.4 Å². The second-order valence-electron chi connectivity index (χ2n) is 10.4. The molecule has 1 aliphatic heterocycles. The van der Waals surface area contributed by atoms with Gasteiger partial charge in [0.15, 0.2) is 0 Å². The molecule has 1 N–H and O–H groups in total. The molecule has 4 nitrogen and oxygen atoms in total. The zero-order valence-corrected chi connectivity index (χ0v) is 20.5. The first-order valence-electron chi connectivity index (χ1n) is 12.2. The van der Waals surface area contributed by atoms with Crippen LogP contribution in [0.25, 0.3) is 0 Å². The van der Waals surface area contributed by atoms with Crippen LogP contribution in [0.2, 0.25) is 5.02 Å². The predicted octanol–water partition coefficient (Wildman–Crippen LogP) is 5.60. The average Bonchev–Trinajstić information content (AvgIpc) is 3.34. The molecule has 1 saturated heterocycles. The maximum absolute atomic E-state index is 13.7. The Morgan fingerprint density at radius 1 is 1.03 bits per heavy atom. The van der Waals surface area contributed by atoms with Crippen molar-refractivity contribution in [1.29, 1.82) is 0 Å². The van der Waals surface area contributed by atoms with Gasteiger partial charge in [-0.25, -0.2) is 0 Å². The van der Waals surface area contributed by atoms with E-state index in [1.165, 1.54) is 5.56 Å². The summed E-state index contributed by atoms with van der Waals surface area (Å²) in [5.41, 5.74) is 2.26. The van der Waals surface area contributed by atoms with Gasteiger partial charge in [-0.2, -0.15) is 0 Å². The number of piperidine rings is 1. The zero-order chi connectivity index (χ0) is 23.4. The molecule has 2 aromatic rings. The molecule has 2 amide bonds. The molecule has 0 bridgehead atoms. The first kappa shape index (κ1) is 23.8. The second-order valence-corrected chi connectivity index (χ2v) is 10.8. The van der Waals surface area contributed by atoms with Crippen LogP contribution in [0.5, 0.6) is 0 Å². The molecular formula is C28H35ClN2O2. The van der Waals surface area contributed by atoms with Crippen LogP contribution < -0.4 is 5.32 Å². The minimum absolute atomic E-state index is 0.0350. The molecule has 5 heteroatoms. The Hall–Kier alpha value is -2.33. The van der Waals surface area contributed by atoms with Gasteiger partial charge in [0.05, 0.1) is 0 Å². The van der Waals surface area contributed by atoms with E-state index in [1.807, 2.05) is 47.4 Å². The van der Waals surface area contributed by atoms with Gasteiger partial charge in [-0.05, 0) is 53.9 Å². The van der Waals surface area contributed by atoms with Crippen LogP contribution in [0.15, 0.2) is 54.6 Å². The number of carbonyl (C=O) groups is 2. The van der Waals surface area contributed by atoms with E-state index in [0.717, 1.165) is 42.7 Å². The first-order valence-corrected chi connectivity index (χ1v) is 12.6. The van der Waals surface area contributed by atoms with E-state index in [0.29, 0.717) is 25.4 Å². The van der Waals surface area contributed by atoms with E-state index in [4.69, 9.17) is 11.6 Å². The number of likely N-dealkylation sites (tertiary alicyclic amines) is 1. The number of carbonyl (C=O) groups excluding carboxylic acids is 2. The van der Waals surface area contributed by atoms with Crippen LogP contribution in [0, 0.1) is 11.3 Å². The SMILES string of the molecule is CC1(C)CN(C(=O)[C@@H](Cc2ccccc2)NC(=O)C2CCCC2)CCC1c1ccc(Cl)cc1. The van der Waals surface area contributed by atoms with Crippen molar-refractivity contribution in [3.8, 4) is 0 Å². The van der Waals surface area contributed by atoms with E-state index in [9.17, 15) is 9.59 Å². The lowest BCUT2D eigenvalue weighted by Crippen LogP contribution is -2.55. The Bertz CT molecular complexity index is 952. The lowest BCUT2D eigenvalue weighted by Gasteiger charge is -2.45. The smallest absolute Gasteiger partial charge is 0.245 e. The van der Waals surface area contributed by atoms with E-state index >= 15 is 0 Å². The van der Waals surface area contributed by atoms with Crippen molar-refractivity contribution in [2.45, 2.75) is 64.3 Å². The monoisotopic (exact) mass is 466 g/mol. The molecule has 0 radical (unpaired) electrons. The highest BCUT2D eigenvalue weighted by atomic mass is 35.5. The van der Waals surface area contributed by atoms with E-state index in [2.05, 4.69) is 31.3 Å². The summed E-state index contributed by atoms with van der Waals surface area (Å²) in [7, 11) is 0. The first-order chi connectivity index (χ1) is 15.8. The average molecular weight is 467 g/mol. The van der Waals surface area contributed by atoms with Crippen LogP contribution in [0.1, 0.15) is 63.0 Å². The van der Waals surface area contributed by atoms with Gasteiger partial charge in [0.25, 0.3) is 0 Å². The lowest BCUT2D eigenvalue weighted by atomic mass is 9.70. The zero-order valence-electron chi connectivity index (χ0n) is 19.7. The van der Waals surface area contributed by atoms with Crippen molar-refractivity contribution in [1.82, 2.24) is 10.2 Å². The van der Waals surface area contributed by atoms with Crippen LogP contribution in [0.3, 0.4) is 0 Å². The Morgan fingerprint density at radius 2 is 1.70 bits per heavy atom. The fourth-order valence-electron chi connectivity index (χ4n) is 5.61. The highest BCUT2D eigenvalue weighted by Gasteiger charge is 2.40. The molecule has 33 heavy (non-hydrogen) atoms. The van der Waals surface area contributed by atoms with Crippen LogP contribution in [-0.4, -0.2) is 35.8 Å². The third-order valence-electron chi connectivity index (χ3n) is 7.44. The summed E-state index contributed by atoms with van der Waals surface area (Å²) in [6.07, 6.45) is 5.48. The van der Waals surface area contributed by atoms with E-state index in [1.54, 1.807) is 0 Å². The summed E-state index contributed by atoms with van der Waals surface area (Å²) in [4.78, 5) is 28.6. The summed E-state index contributed by atoms with van der Waals surface area (Å²) >= 11 is 6.09. The maximum atomic E-state index is 13.7. The molecule has 2 aromatic carbocycles. The summed E-state index contributed by atoms with van der Waals surface area (Å²) in [5, 5.41) is 3.88. The maximum Gasteiger partial charge on any atom is 0.245 e. The molecule has 0 aromatic heterocycles. The minimum atomic E-state index is -0.525. The number of amides is 2. The normalized spacial score (nSPS) is 21.5. The third-order valence-corrected chi connectivity index (χ3v) is 7.69.